The first-order valence-corrected chi connectivity index (χ1v) is 3.88. The molecule has 0 unspecified atom stereocenters. The van der Waals surface area contributed by atoms with Crippen molar-refractivity contribution in [2.45, 2.75) is 17.1 Å². The van der Waals surface area contributed by atoms with Crippen molar-refractivity contribution in [2.75, 3.05) is 0 Å². The Morgan fingerprint density at radius 3 is 2.36 bits per heavy atom. The van der Waals surface area contributed by atoms with Crippen molar-refractivity contribution in [1.82, 2.24) is 9.78 Å². The van der Waals surface area contributed by atoms with Gasteiger partial charge in [-0.15, -0.1) is 13.2 Å². The molecule has 1 heterocycles. The van der Waals surface area contributed by atoms with Crippen LogP contribution < -0.4 is 0 Å². The van der Waals surface area contributed by atoms with Crippen molar-refractivity contribution in [1.29, 1.82) is 0 Å². The molecule has 0 aliphatic carbocycles. The second-order valence-corrected chi connectivity index (χ2v) is 2.97. The minimum atomic E-state index is -5.03. The molecule has 0 aliphatic rings. The predicted molar refractivity (Wildman–Crippen MR) is 34.2 cm³/mol. The highest BCUT2D eigenvalue weighted by atomic mass is 32.2. The lowest BCUT2D eigenvalue weighted by atomic mass is 10.7. The van der Waals surface area contributed by atoms with Crippen LogP contribution in [0.25, 0.3) is 0 Å². The first-order chi connectivity index (χ1) is 6.32. The lowest BCUT2D eigenvalue weighted by molar-refractivity contribution is -0.218. The normalized spacial score (nSPS) is 12.5. The van der Waals surface area contributed by atoms with Crippen LogP contribution in [0, 0.1) is 12.0 Å². The molecule has 2 nitrogen and oxygen atoms in total. The van der Waals surface area contributed by atoms with Crippen LogP contribution >= 0.6 is 11.8 Å². The Labute approximate surface area is 77.9 Å². The van der Waals surface area contributed by atoms with Gasteiger partial charge in [0.15, 0.2) is 12.0 Å². The molecule has 0 N–H and O–H groups in total. The molecule has 0 spiro atoms. The molecular weight excluding hydrogens is 234 g/mol. The third-order valence-electron chi connectivity index (χ3n) is 1.07. The van der Waals surface area contributed by atoms with Crippen molar-refractivity contribution in [3.63, 3.8) is 0 Å². The van der Waals surface area contributed by atoms with E-state index in [1.807, 2.05) is 0 Å². The lowest BCUT2D eigenvalue weighted by Crippen LogP contribution is -2.19. The number of hydrogen-bond donors (Lipinski definition) is 0. The molecule has 0 aliphatic heterocycles. The standard InChI is InChI=1S/C5HF6N2S/c6-2-1-12-13(5(9,10)11)3(2)14-4(7)8/h4H. The van der Waals surface area contributed by atoms with E-state index in [0.29, 0.717) is 0 Å². The number of aromatic nitrogens is 2. The van der Waals surface area contributed by atoms with Gasteiger partial charge in [0.2, 0.25) is 0 Å². The summed E-state index contributed by atoms with van der Waals surface area (Å²) >= 11 is -0.574. The highest BCUT2D eigenvalue weighted by molar-refractivity contribution is 7.99. The predicted octanol–water partition coefficient (Wildman–Crippen LogP) is 2.61. The molecular formula is C5HF6N2S. The molecule has 0 saturated carbocycles. The smallest absolute Gasteiger partial charge is 0.201 e. The van der Waals surface area contributed by atoms with E-state index in [4.69, 9.17) is 0 Å². The van der Waals surface area contributed by atoms with Gasteiger partial charge in [0.25, 0.3) is 5.76 Å². The Bertz CT molecular complexity index is 319. The fraction of sp³-hybridized carbons (Fsp3) is 0.400. The summed E-state index contributed by atoms with van der Waals surface area (Å²) in [5.41, 5.74) is 0. The Hall–Kier alpha value is -0.860. The topological polar surface area (TPSA) is 17.8 Å². The first kappa shape index (κ1) is 11.2. The highest BCUT2D eigenvalue weighted by Gasteiger charge is 2.36. The molecule has 0 aromatic carbocycles. The van der Waals surface area contributed by atoms with E-state index in [-0.39, 0.29) is 0 Å². The Kier molecular flexibility index (Phi) is 2.98. The summed E-state index contributed by atoms with van der Waals surface area (Å²) in [7, 11) is 0. The van der Waals surface area contributed by atoms with Crippen LogP contribution in [0.3, 0.4) is 0 Å². The van der Waals surface area contributed by atoms with Gasteiger partial charge in [0.1, 0.15) is 5.03 Å². The molecule has 79 valence electrons. The number of rotatable bonds is 2. The van der Waals surface area contributed by atoms with Crippen LogP contribution in [0.2, 0.25) is 0 Å². The van der Waals surface area contributed by atoms with Crippen molar-refractivity contribution in [3.05, 3.63) is 12.0 Å². The van der Waals surface area contributed by atoms with Crippen LogP contribution in [-0.4, -0.2) is 15.5 Å². The van der Waals surface area contributed by atoms with Gasteiger partial charge in [-0.05, 0) is 11.8 Å². The molecule has 0 fully saturated rings. The van der Waals surface area contributed by atoms with Crippen molar-refractivity contribution < 1.29 is 26.3 Å². The molecule has 9 heteroatoms. The fourth-order valence-electron chi connectivity index (χ4n) is 0.638. The second kappa shape index (κ2) is 3.71. The van der Waals surface area contributed by atoms with Crippen LogP contribution in [0.1, 0.15) is 0 Å². The molecule has 0 bridgehead atoms. The zero-order valence-electron chi connectivity index (χ0n) is 6.15. The largest absolute Gasteiger partial charge is 0.505 e. The monoisotopic (exact) mass is 235 g/mol. The van der Waals surface area contributed by atoms with Crippen molar-refractivity contribution in [2.24, 2.45) is 0 Å². The van der Waals surface area contributed by atoms with E-state index < -0.39 is 39.3 Å². The average molecular weight is 235 g/mol. The number of hydrogen-bond acceptors (Lipinski definition) is 2. The third-order valence-corrected chi connectivity index (χ3v) is 1.82. The van der Waals surface area contributed by atoms with Crippen LogP contribution in [0.5, 0.6) is 0 Å². The van der Waals surface area contributed by atoms with E-state index >= 15 is 0 Å². The minimum absolute atomic E-state index is 0.574. The van der Waals surface area contributed by atoms with E-state index in [1.54, 1.807) is 0 Å². The Morgan fingerprint density at radius 2 is 1.93 bits per heavy atom. The number of thioether (sulfide) groups is 1. The molecule has 14 heavy (non-hydrogen) atoms. The summed E-state index contributed by atoms with van der Waals surface area (Å²) in [5, 5.41) is 1.18. The third kappa shape index (κ3) is 2.34. The maximum absolute atomic E-state index is 12.5. The van der Waals surface area contributed by atoms with E-state index in [1.165, 1.54) is 6.20 Å². The molecule has 0 amide bonds. The van der Waals surface area contributed by atoms with Gasteiger partial charge in [-0.2, -0.15) is 18.6 Å². The van der Waals surface area contributed by atoms with Crippen LogP contribution in [-0.2, 0) is 6.30 Å². The zero-order valence-corrected chi connectivity index (χ0v) is 6.96. The minimum Gasteiger partial charge on any atom is -0.201 e. The van der Waals surface area contributed by atoms with Gasteiger partial charge in [0.05, 0.1) is 0 Å². The number of halogens is 6. The van der Waals surface area contributed by atoms with E-state index in [0.717, 1.165) is 0 Å². The maximum Gasteiger partial charge on any atom is 0.505 e. The summed E-state index contributed by atoms with van der Waals surface area (Å²) in [4.78, 5) is 0. The molecule has 1 aromatic heterocycles. The SMILES string of the molecule is Fc1[c]nn(C(F)(F)F)c1SC(F)F. The van der Waals surface area contributed by atoms with Crippen LogP contribution in [0.4, 0.5) is 26.3 Å². The summed E-state index contributed by atoms with van der Waals surface area (Å²) in [5.74, 6) is -4.71. The van der Waals surface area contributed by atoms with Gasteiger partial charge >= 0.3 is 6.30 Å². The molecule has 1 rings (SSSR count). The number of nitrogens with zero attached hydrogens (tertiary/aromatic N) is 2. The molecule has 1 radical (unpaired) electrons. The highest BCUT2D eigenvalue weighted by Crippen LogP contribution is 2.33. The molecule has 0 saturated heterocycles. The Morgan fingerprint density at radius 1 is 1.36 bits per heavy atom. The second-order valence-electron chi connectivity index (χ2n) is 1.99. The zero-order chi connectivity index (χ0) is 10.9. The maximum atomic E-state index is 12.5. The van der Waals surface area contributed by atoms with Gasteiger partial charge in [-0.25, -0.2) is 4.39 Å². The first-order valence-electron chi connectivity index (χ1n) is 3.00. The van der Waals surface area contributed by atoms with Gasteiger partial charge < -0.3 is 0 Å². The molecule has 1 aromatic rings. The summed E-state index contributed by atoms with van der Waals surface area (Å²) < 4.78 is 71.1. The van der Waals surface area contributed by atoms with Gasteiger partial charge in [-0.3, -0.25) is 0 Å². The van der Waals surface area contributed by atoms with E-state index in [2.05, 4.69) is 5.10 Å². The van der Waals surface area contributed by atoms with Gasteiger partial charge in [0, 0.05) is 0 Å². The summed E-state index contributed by atoms with van der Waals surface area (Å²) in [6.45, 7) is 0. The molecule has 0 atom stereocenters. The summed E-state index contributed by atoms with van der Waals surface area (Å²) in [6.07, 6.45) is -3.71. The van der Waals surface area contributed by atoms with Crippen LogP contribution in [0.15, 0.2) is 5.03 Å². The van der Waals surface area contributed by atoms with Gasteiger partial charge in [-0.1, -0.05) is 0 Å². The average Bonchev–Trinajstić information content (AvgIpc) is 2.30. The van der Waals surface area contributed by atoms with Crippen molar-refractivity contribution >= 4 is 11.8 Å². The number of alkyl halides is 5. The Balaban J connectivity index is 3.06. The summed E-state index contributed by atoms with van der Waals surface area (Å²) in [6, 6.07) is 0. The van der Waals surface area contributed by atoms with Crippen molar-refractivity contribution in [3.8, 4) is 0 Å². The van der Waals surface area contributed by atoms with E-state index in [9.17, 15) is 26.3 Å². The lowest BCUT2D eigenvalue weighted by Gasteiger charge is -2.08. The quantitative estimate of drug-likeness (QED) is 0.579. The fourth-order valence-corrected chi connectivity index (χ4v) is 1.20.